The van der Waals surface area contributed by atoms with Gasteiger partial charge in [-0.3, -0.25) is 9.36 Å². The Balaban J connectivity index is 1.82. The molecule has 2 aromatic carbocycles. The fraction of sp³-hybridized carbons (Fsp3) is 0.444. The second-order valence-electron chi connectivity index (χ2n) is 8.95. The average molecular weight is 479 g/mol. The van der Waals surface area contributed by atoms with Gasteiger partial charge in [0.15, 0.2) is 0 Å². The van der Waals surface area contributed by atoms with E-state index in [0.29, 0.717) is 41.3 Å². The first kappa shape index (κ1) is 24.7. The molecule has 0 saturated heterocycles. The molecule has 1 unspecified atom stereocenters. The van der Waals surface area contributed by atoms with Crippen molar-refractivity contribution in [2.24, 2.45) is 0 Å². The van der Waals surface area contributed by atoms with Crippen molar-refractivity contribution in [2.45, 2.75) is 51.1 Å². The largest absolute Gasteiger partial charge is 0.495 e. The number of para-hydroxylation sites is 3. The molecular weight excluding hydrogens is 444 g/mol. The minimum absolute atomic E-state index is 0.162. The number of urea groups is 1. The third kappa shape index (κ3) is 5.32. The monoisotopic (exact) mass is 478 g/mol. The lowest BCUT2D eigenvalue weighted by Crippen LogP contribution is -2.48. The Bertz CT molecular complexity index is 1220. The molecule has 1 fully saturated rings. The maximum Gasteiger partial charge on any atom is 0.318 e. The summed E-state index contributed by atoms with van der Waals surface area (Å²) in [4.78, 5) is 33.8. The maximum absolute atomic E-state index is 13.8. The van der Waals surface area contributed by atoms with E-state index >= 15 is 0 Å². The molecule has 1 aliphatic rings. The standard InChI is InChI=1S/C27H34N4O4/c1-19(30(17-18-34-2)27(33)28-20-11-5-4-6-12-20)25-29-22-14-8-7-13-21(22)26(32)31(25)23-15-9-10-16-24(23)35-3/h7-10,13-16,19-20H,4-6,11-12,17-18H2,1-3H3,(H,28,33). The smallest absolute Gasteiger partial charge is 0.318 e. The lowest BCUT2D eigenvalue weighted by Gasteiger charge is -2.33. The van der Waals surface area contributed by atoms with Crippen molar-refractivity contribution in [1.82, 2.24) is 19.8 Å². The predicted molar refractivity (Wildman–Crippen MR) is 136 cm³/mol. The van der Waals surface area contributed by atoms with Crippen molar-refractivity contribution < 1.29 is 14.3 Å². The SMILES string of the molecule is COCCN(C(=O)NC1CCCCC1)C(C)c1nc2ccccc2c(=O)n1-c1ccccc1OC. The summed E-state index contributed by atoms with van der Waals surface area (Å²) in [6, 6.07) is 14.1. The Kier molecular flexibility index (Phi) is 8.02. The quantitative estimate of drug-likeness (QED) is 0.517. The zero-order chi connectivity index (χ0) is 24.8. The third-order valence-corrected chi connectivity index (χ3v) is 6.70. The number of carbonyl (C=O) groups is 1. The molecule has 3 aromatic rings. The second-order valence-corrected chi connectivity index (χ2v) is 8.95. The number of fused-ring (bicyclic) bond motifs is 1. The van der Waals surface area contributed by atoms with Crippen LogP contribution in [0, 0.1) is 0 Å². The number of hydrogen-bond acceptors (Lipinski definition) is 5. The van der Waals surface area contributed by atoms with E-state index in [2.05, 4.69) is 5.32 Å². The van der Waals surface area contributed by atoms with Crippen molar-refractivity contribution in [3.63, 3.8) is 0 Å². The van der Waals surface area contributed by atoms with Gasteiger partial charge < -0.3 is 19.7 Å². The van der Waals surface area contributed by atoms with Crippen LogP contribution >= 0.6 is 0 Å². The van der Waals surface area contributed by atoms with Crippen LogP contribution in [0.3, 0.4) is 0 Å². The van der Waals surface area contributed by atoms with Crippen molar-refractivity contribution in [2.75, 3.05) is 27.4 Å². The van der Waals surface area contributed by atoms with Crippen LogP contribution < -0.4 is 15.6 Å². The number of amides is 2. The summed E-state index contributed by atoms with van der Waals surface area (Å²) >= 11 is 0. The summed E-state index contributed by atoms with van der Waals surface area (Å²) in [5.41, 5.74) is 0.964. The number of methoxy groups -OCH3 is 2. The highest BCUT2D eigenvalue weighted by Gasteiger charge is 2.29. The number of hydrogen-bond donors (Lipinski definition) is 1. The van der Waals surface area contributed by atoms with Crippen molar-refractivity contribution in [3.05, 3.63) is 64.7 Å². The molecule has 35 heavy (non-hydrogen) atoms. The zero-order valence-electron chi connectivity index (χ0n) is 20.7. The molecule has 4 rings (SSSR count). The second kappa shape index (κ2) is 11.4. The minimum Gasteiger partial charge on any atom is -0.495 e. The molecule has 2 amide bonds. The number of aromatic nitrogens is 2. The Morgan fingerprint density at radius 2 is 1.83 bits per heavy atom. The molecule has 1 saturated carbocycles. The molecule has 1 atom stereocenters. The van der Waals surface area contributed by atoms with E-state index < -0.39 is 6.04 Å². The molecule has 1 heterocycles. The molecule has 8 nitrogen and oxygen atoms in total. The van der Waals surface area contributed by atoms with Gasteiger partial charge in [-0.05, 0) is 44.0 Å². The van der Waals surface area contributed by atoms with Gasteiger partial charge in [-0.15, -0.1) is 0 Å². The fourth-order valence-electron chi connectivity index (χ4n) is 4.78. The highest BCUT2D eigenvalue weighted by atomic mass is 16.5. The number of nitrogens with zero attached hydrogens (tertiary/aromatic N) is 3. The van der Waals surface area contributed by atoms with E-state index in [-0.39, 0.29) is 17.6 Å². The van der Waals surface area contributed by atoms with Crippen molar-refractivity contribution in [3.8, 4) is 11.4 Å². The van der Waals surface area contributed by atoms with E-state index in [0.717, 1.165) is 25.7 Å². The third-order valence-electron chi connectivity index (χ3n) is 6.70. The zero-order valence-corrected chi connectivity index (χ0v) is 20.7. The van der Waals surface area contributed by atoms with Gasteiger partial charge in [-0.25, -0.2) is 9.78 Å². The van der Waals surface area contributed by atoms with Crippen LogP contribution in [0.15, 0.2) is 53.3 Å². The predicted octanol–water partition coefficient (Wildman–Crippen LogP) is 4.45. The number of carbonyl (C=O) groups excluding carboxylic acids is 1. The van der Waals surface area contributed by atoms with Crippen LogP contribution in [0.1, 0.15) is 50.9 Å². The molecule has 1 N–H and O–H groups in total. The fourth-order valence-corrected chi connectivity index (χ4v) is 4.78. The van der Waals surface area contributed by atoms with E-state index in [1.54, 1.807) is 29.8 Å². The molecule has 0 radical (unpaired) electrons. The Hall–Kier alpha value is -3.39. The van der Waals surface area contributed by atoms with Crippen LogP contribution in [-0.4, -0.2) is 53.9 Å². The van der Waals surface area contributed by atoms with Gasteiger partial charge in [0, 0.05) is 19.7 Å². The van der Waals surface area contributed by atoms with E-state index in [1.807, 2.05) is 49.4 Å². The van der Waals surface area contributed by atoms with Crippen LogP contribution in [0.25, 0.3) is 16.6 Å². The highest BCUT2D eigenvalue weighted by molar-refractivity contribution is 5.78. The number of rotatable bonds is 8. The number of ether oxygens (including phenoxy) is 2. The Morgan fingerprint density at radius 3 is 2.57 bits per heavy atom. The van der Waals surface area contributed by atoms with Gasteiger partial charge in [0.25, 0.3) is 5.56 Å². The van der Waals surface area contributed by atoms with Gasteiger partial charge in [0.05, 0.1) is 36.3 Å². The molecule has 8 heteroatoms. The van der Waals surface area contributed by atoms with Gasteiger partial charge >= 0.3 is 6.03 Å². The van der Waals surface area contributed by atoms with Gasteiger partial charge in [-0.1, -0.05) is 43.5 Å². The molecule has 0 bridgehead atoms. The molecular formula is C27H34N4O4. The number of nitrogens with one attached hydrogen (secondary N) is 1. The van der Waals surface area contributed by atoms with Crippen LogP contribution in [0.2, 0.25) is 0 Å². The summed E-state index contributed by atoms with van der Waals surface area (Å²) in [6.07, 6.45) is 5.43. The van der Waals surface area contributed by atoms with Crippen molar-refractivity contribution >= 4 is 16.9 Å². The molecule has 0 spiro atoms. The summed E-state index contributed by atoms with van der Waals surface area (Å²) in [6.45, 7) is 2.64. The lowest BCUT2D eigenvalue weighted by atomic mass is 9.96. The topological polar surface area (TPSA) is 85.7 Å². The van der Waals surface area contributed by atoms with Crippen LogP contribution in [0.5, 0.6) is 5.75 Å². The first-order valence-electron chi connectivity index (χ1n) is 12.3. The number of benzene rings is 2. The lowest BCUT2D eigenvalue weighted by molar-refractivity contribution is 0.127. The summed E-state index contributed by atoms with van der Waals surface area (Å²) in [5.74, 6) is 1.02. The Morgan fingerprint density at radius 1 is 1.11 bits per heavy atom. The van der Waals surface area contributed by atoms with E-state index in [1.165, 1.54) is 6.42 Å². The van der Waals surface area contributed by atoms with Crippen molar-refractivity contribution in [1.29, 1.82) is 0 Å². The first-order chi connectivity index (χ1) is 17.0. The minimum atomic E-state index is -0.504. The van der Waals surface area contributed by atoms with E-state index in [4.69, 9.17) is 14.5 Å². The summed E-state index contributed by atoms with van der Waals surface area (Å²) in [7, 11) is 3.19. The summed E-state index contributed by atoms with van der Waals surface area (Å²) in [5, 5.41) is 3.71. The van der Waals surface area contributed by atoms with Gasteiger partial charge in [-0.2, -0.15) is 0 Å². The summed E-state index contributed by atoms with van der Waals surface area (Å²) < 4.78 is 12.5. The average Bonchev–Trinajstić information content (AvgIpc) is 2.89. The maximum atomic E-state index is 13.8. The van der Waals surface area contributed by atoms with Gasteiger partial charge in [0.2, 0.25) is 0 Å². The normalized spacial score (nSPS) is 15.1. The van der Waals surface area contributed by atoms with E-state index in [9.17, 15) is 9.59 Å². The first-order valence-corrected chi connectivity index (χ1v) is 12.3. The van der Waals surface area contributed by atoms with Crippen LogP contribution in [-0.2, 0) is 4.74 Å². The molecule has 0 aliphatic heterocycles. The molecule has 1 aliphatic carbocycles. The highest BCUT2D eigenvalue weighted by Crippen LogP contribution is 2.28. The Labute approximate surface area is 205 Å². The van der Waals surface area contributed by atoms with Gasteiger partial charge in [0.1, 0.15) is 11.6 Å². The molecule has 1 aromatic heterocycles. The molecule has 186 valence electrons. The van der Waals surface area contributed by atoms with Crippen LogP contribution in [0.4, 0.5) is 4.79 Å².